The predicted molar refractivity (Wildman–Crippen MR) is 75.4 cm³/mol. The zero-order valence-electron chi connectivity index (χ0n) is 11.5. The van der Waals surface area contributed by atoms with Crippen LogP contribution < -0.4 is 11.0 Å². The second kappa shape index (κ2) is 6.36. The van der Waals surface area contributed by atoms with Crippen molar-refractivity contribution in [2.75, 3.05) is 11.9 Å². The number of rotatable bonds is 7. The van der Waals surface area contributed by atoms with Gasteiger partial charge < -0.3 is 5.32 Å². The van der Waals surface area contributed by atoms with Crippen LogP contribution in [0.1, 0.15) is 39.5 Å². The fraction of sp³-hybridized carbons (Fsp3) is 0.615. The molecule has 0 bridgehead atoms. The predicted octanol–water partition coefficient (Wildman–Crippen LogP) is 2.05. The Hall–Kier alpha value is -1.85. The molecule has 2 heterocycles. The van der Waals surface area contributed by atoms with Crippen LogP contribution in [0.4, 0.5) is 5.82 Å². The lowest BCUT2D eigenvalue weighted by Gasteiger charge is -2.15. The second-order valence-corrected chi connectivity index (χ2v) is 4.83. The molecule has 1 atom stereocenters. The van der Waals surface area contributed by atoms with Crippen LogP contribution in [-0.2, 0) is 0 Å². The highest BCUT2D eigenvalue weighted by Crippen LogP contribution is 2.14. The molecule has 6 nitrogen and oxygen atoms in total. The maximum absolute atomic E-state index is 11.3. The Morgan fingerprint density at radius 2 is 2.32 bits per heavy atom. The van der Waals surface area contributed by atoms with E-state index >= 15 is 0 Å². The van der Waals surface area contributed by atoms with Gasteiger partial charge in [-0.3, -0.25) is 0 Å². The molecule has 0 aliphatic rings. The number of hydrogen-bond acceptors (Lipinski definition) is 4. The van der Waals surface area contributed by atoms with Crippen molar-refractivity contribution in [3.8, 4) is 0 Å². The summed E-state index contributed by atoms with van der Waals surface area (Å²) in [5, 5.41) is 9.64. The van der Waals surface area contributed by atoms with Gasteiger partial charge in [0, 0.05) is 12.6 Å². The average molecular weight is 263 g/mol. The summed E-state index contributed by atoms with van der Waals surface area (Å²) >= 11 is 0. The first-order valence-corrected chi connectivity index (χ1v) is 6.91. The normalized spacial score (nSPS) is 12.7. The van der Waals surface area contributed by atoms with Crippen LogP contribution in [0.2, 0.25) is 0 Å². The molecule has 2 aromatic heterocycles. The third kappa shape index (κ3) is 3.33. The summed E-state index contributed by atoms with van der Waals surface area (Å²) in [6.07, 6.45) is 6.40. The lowest BCUT2D eigenvalue weighted by atomic mass is 9.99. The van der Waals surface area contributed by atoms with E-state index in [0.717, 1.165) is 18.8 Å². The Morgan fingerprint density at radius 3 is 3.05 bits per heavy atom. The first-order valence-electron chi connectivity index (χ1n) is 6.91. The summed E-state index contributed by atoms with van der Waals surface area (Å²) in [5.41, 5.74) is 0.326. The number of fused-ring (bicyclic) bond motifs is 1. The molecule has 2 aromatic rings. The van der Waals surface area contributed by atoms with Gasteiger partial charge in [-0.25, -0.2) is 19.3 Å². The topological polar surface area (TPSA) is 75.1 Å². The number of unbranched alkanes of at least 4 members (excludes halogenated alkanes) is 1. The highest BCUT2D eigenvalue weighted by atomic mass is 16.1. The molecule has 0 aromatic carbocycles. The van der Waals surface area contributed by atoms with E-state index in [1.165, 1.54) is 30.0 Å². The number of aromatic amines is 1. The Bertz CT molecular complexity index is 574. The van der Waals surface area contributed by atoms with Gasteiger partial charge in [0.2, 0.25) is 0 Å². The second-order valence-electron chi connectivity index (χ2n) is 4.83. The van der Waals surface area contributed by atoms with E-state index in [4.69, 9.17) is 0 Å². The summed E-state index contributed by atoms with van der Waals surface area (Å²) in [6.45, 7) is 5.34. The summed E-state index contributed by atoms with van der Waals surface area (Å²) in [4.78, 5) is 15.5. The molecule has 19 heavy (non-hydrogen) atoms. The fourth-order valence-electron chi connectivity index (χ4n) is 2.10. The van der Waals surface area contributed by atoms with Crippen molar-refractivity contribution < 1.29 is 0 Å². The van der Waals surface area contributed by atoms with Gasteiger partial charge in [-0.05, 0) is 12.3 Å². The lowest BCUT2D eigenvalue weighted by Crippen LogP contribution is -2.15. The maximum atomic E-state index is 11.3. The number of anilines is 1. The van der Waals surface area contributed by atoms with Crippen LogP contribution in [0.25, 0.3) is 5.65 Å². The van der Waals surface area contributed by atoms with Crippen molar-refractivity contribution in [1.82, 2.24) is 19.6 Å². The zero-order valence-corrected chi connectivity index (χ0v) is 11.5. The zero-order chi connectivity index (χ0) is 13.7. The standard InChI is InChI=1S/C13H21N5O/c1-3-5-6-10(4-2)8-14-11-7-12-16-17-13(19)18(12)9-15-11/h7,9-10,14H,3-6,8H2,1-2H3,(H,17,19). The molecule has 1 unspecified atom stereocenters. The third-order valence-corrected chi connectivity index (χ3v) is 3.42. The van der Waals surface area contributed by atoms with E-state index in [-0.39, 0.29) is 5.69 Å². The van der Waals surface area contributed by atoms with Gasteiger partial charge in [0.25, 0.3) is 0 Å². The first-order chi connectivity index (χ1) is 9.24. The van der Waals surface area contributed by atoms with Gasteiger partial charge >= 0.3 is 5.69 Å². The Balaban J connectivity index is 1.98. The minimum absolute atomic E-state index is 0.261. The summed E-state index contributed by atoms with van der Waals surface area (Å²) < 4.78 is 1.39. The monoisotopic (exact) mass is 263 g/mol. The third-order valence-electron chi connectivity index (χ3n) is 3.42. The molecular weight excluding hydrogens is 242 g/mol. The molecule has 0 radical (unpaired) electrons. The van der Waals surface area contributed by atoms with E-state index in [2.05, 4.69) is 34.3 Å². The molecule has 0 amide bonds. The number of hydrogen-bond donors (Lipinski definition) is 2. The fourth-order valence-corrected chi connectivity index (χ4v) is 2.10. The van der Waals surface area contributed by atoms with Crippen molar-refractivity contribution in [2.45, 2.75) is 39.5 Å². The van der Waals surface area contributed by atoms with Crippen LogP contribution in [0.15, 0.2) is 17.2 Å². The Labute approximate surface area is 112 Å². The highest BCUT2D eigenvalue weighted by molar-refractivity contribution is 5.48. The highest BCUT2D eigenvalue weighted by Gasteiger charge is 2.07. The smallest absolute Gasteiger partial charge is 0.348 e. The largest absolute Gasteiger partial charge is 0.370 e. The molecule has 6 heteroatoms. The SMILES string of the molecule is CCCCC(CC)CNc1cc2n[nH]c(=O)n2cn1. The van der Waals surface area contributed by atoms with Gasteiger partial charge in [-0.15, -0.1) is 0 Å². The van der Waals surface area contributed by atoms with Crippen LogP contribution >= 0.6 is 0 Å². The van der Waals surface area contributed by atoms with Crippen LogP contribution in [0.5, 0.6) is 0 Å². The van der Waals surface area contributed by atoms with E-state index in [1.807, 2.05) is 0 Å². The van der Waals surface area contributed by atoms with Gasteiger partial charge in [-0.2, -0.15) is 5.10 Å². The molecule has 0 aliphatic heterocycles. The number of nitrogens with one attached hydrogen (secondary N) is 2. The van der Waals surface area contributed by atoms with Crippen molar-refractivity contribution in [2.24, 2.45) is 5.92 Å². The Kier molecular flexibility index (Phi) is 4.54. The van der Waals surface area contributed by atoms with E-state index in [1.54, 1.807) is 6.07 Å². The molecule has 0 aliphatic carbocycles. The van der Waals surface area contributed by atoms with Gasteiger partial charge in [0.05, 0.1) is 0 Å². The summed E-state index contributed by atoms with van der Waals surface area (Å²) in [7, 11) is 0. The van der Waals surface area contributed by atoms with Gasteiger partial charge in [0.1, 0.15) is 12.1 Å². The molecule has 0 fully saturated rings. The quantitative estimate of drug-likeness (QED) is 0.801. The van der Waals surface area contributed by atoms with Crippen molar-refractivity contribution in [1.29, 1.82) is 0 Å². The molecule has 2 rings (SSSR count). The van der Waals surface area contributed by atoms with Crippen LogP contribution in [0.3, 0.4) is 0 Å². The molecule has 0 saturated heterocycles. The van der Waals surface area contributed by atoms with E-state index < -0.39 is 0 Å². The molecular formula is C13H21N5O. The molecule has 104 valence electrons. The van der Waals surface area contributed by atoms with Crippen molar-refractivity contribution in [3.63, 3.8) is 0 Å². The van der Waals surface area contributed by atoms with Gasteiger partial charge in [-0.1, -0.05) is 33.1 Å². The summed E-state index contributed by atoms with van der Waals surface area (Å²) in [6, 6.07) is 1.78. The molecule has 2 N–H and O–H groups in total. The number of H-pyrrole nitrogens is 1. The van der Waals surface area contributed by atoms with Crippen LogP contribution in [-0.4, -0.2) is 26.1 Å². The van der Waals surface area contributed by atoms with Gasteiger partial charge in [0.15, 0.2) is 5.65 Å². The molecule has 0 spiro atoms. The number of nitrogens with zero attached hydrogens (tertiary/aromatic N) is 3. The van der Waals surface area contributed by atoms with Crippen LogP contribution in [0, 0.1) is 5.92 Å². The average Bonchev–Trinajstić information content (AvgIpc) is 2.80. The lowest BCUT2D eigenvalue weighted by molar-refractivity contribution is 0.472. The first kappa shape index (κ1) is 13.6. The Morgan fingerprint density at radius 1 is 1.47 bits per heavy atom. The van der Waals surface area contributed by atoms with E-state index in [9.17, 15) is 4.79 Å². The maximum Gasteiger partial charge on any atom is 0.348 e. The number of aromatic nitrogens is 4. The summed E-state index contributed by atoms with van der Waals surface area (Å²) in [5.74, 6) is 1.43. The van der Waals surface area contributed by atoms with Crippen molar-refractivity contribution in [3.05, 3.63) is 22.9 Å². The minimum atomic E-state index is -0.261. The van der Waals surface area contributed by atoms with Crippen molar-refractivity contribution >= 4 is 11.5 Å². The molecule has 0 saturated carbocycles. The minimum Gasteiger partial charge on any atom is -0.370 e. The van der Waals surface area contributed by atoms with E-state index in [0.29, 0.717) is 11.6 Å².